The van der Waals surface area contributed by atoms with Gasteiger partial charge in [-0.2, -0.15) is 5.26 Å². The molecule has 2 heterocycles. The molecular weight excluding hydrogens is 354 g/mol. The molecular formula is C23H20ClN3. The maximum atomic E-state index is 9.97. The van der Waals surface area contributed by atoms with Crippen molar-refractivity contribution in [3.63, 3.8) is 0 Å². The van der Waals surface area contributed by atoms with Crippen LogP contribution >= 0.6 is 11.6 Å². The Morgan fingerprint density at radius 2 is 1.70 bits per heavy atom. The van der Waals surface area contributed by atoms with Crippen LogP contribution in [0.15, 0.2) is 60.8 Å². The topological polar surface area (TPSA) is 39.9 Å². The van der Waals surface area contributed by atoms with E-state index in [1.165, 1.54) is 6.42 Å². The minimum absolute atomic E-state index is 0.702. The summed E-state index contributed by atoms with van der Waals surface area (Å²) in [5.41, 5.74) is 5.57. The van der Waals surface area contributed by atoms with E-state index in [1.54, 1.807) is 6.20 Å². The zero-order valence-electron chi connectivity index (χ0n) is 15.0. The highest BCUT2D eigenvalue weighted by atomic mass is 35.5. The van der Waals surface area contributed by atoms with E-state index in [-0.39, 0.29) is 0 Å². The summed E-state index contributed by atoms with van der Waals surface area (Å²) in [6, 6.07) is 20.3. The molecule has 3 aromatic rings. The van der Waals surface area contributed by atoms with E-state index in [2.05, 4.69) is 28.1 Å². The predicted octanol–water partition coefficient (Wildman–Crippen LogP) is 5.93. The van der Waals surface area contributed by atoms with Crippen molar-refractivity contribution in [2.75, 3.05) is 18.0 Å². The highest BCUT2D eigenvalue weighted by molar-refractivity contribution is 6.30. The lowest BCUT2D eigenvalue weighted by Gasteiger charge is -2.30. The van der Waals surface area contributed by atoms with Crippen LogP contribution < -0.4 is 4.90 Å². The van der Waals surface area contributed by atoms with Crippen LogP contribution in [0.25, 0.3) is 22.4 Å². The fraction of sp³-hybridized carbons (Fsp3) is 0.217. The number of nitriles is 1. The number of benzene rings is 2. The Morgan fingerprint density at radius 3 is 2.37 bits per heavy atom. The van der Waals surface area contributed by atoms with Gasteiger partial charge in [0.15, 0.2) is 0 Å². The van der Waals surface area contributed by atoms with E-state index in [4.69, 9.17) is 11.6 Å². The second kappa shape index (κ2) is 7.82. The number of hydrogen-bond acceptors (Lipinski definition) is 3. The highest BCUT2D eigenvalue weighted by Gasteiger charge is 2.20. The van der Waals surface area contributed by atoms with Gasteiger partial charge >= 0.3 is 0 Å². The third kappa shape index (κ3) is 3.67. The summed E-state index contributed by atoms with van der Waals surface area (Å²) in [5, 5.41) is 10.7. The van der Waals surface area contributed by atoms with Crippen LogP contribution in [0.4, 0.5) is 5.69 Å². The monoisotopic (exact) mass is 373 g/mol. The number of piperidine rings is 1. The van der Waals surface area contributed by atoms with Gasteiger partial charge < -0.3 is 4.90 Å². The molecule has 4 heteroatoms. The zero-order valence-corrected chi connectivity index (χ0v) is 15.8. The van der Waals surface area contributed by atoms with Crippen molar-refractivity contribution in [2.45, 2.75) is 19.3 Å². The molecule has 0 saturated carbocycles. The largest absolute Gasteiger partial charge is 0.370 e. The average Bonchev–Trinajstić information content (AvgIpc) is 2.74. The minimum atomic E-state index is 0.702. The molecule has 0 bridgehead atoms. The fourth-order valence-electron chi connectivity index (χ4n) is 3.66. The minimum Gasteiger partial charge on any atom is -0.370 e. The summed E-state index contributed by atoms with van der Waals surface area (Å²) >= 11 is 6.07. The first kappa shape index (κ1) is 17.6. The Balaban J connectivity index is 1.92. The van der Waals surface area contributed by atoms with Gasteiger partial charge in [-0.05, 0) is 66.8 Å². The number of nitrogens with zero attached hydrogens (tertiary/aromatic N) is 3. The van der Waals surface area contributed by atoms with Crippen LogP contribution in [0.1, 0.15) is 24.8 Å². The first-order chi connectivity index (χ1) is 13.3. The molecule has 3 nitrogen and oxygen atoms in total. The summed E-state index contributed by atoms with van der Waals surface area (Å²) in [6.07, 6.45) is 5.35. The predicted molar refractivity (Wildman–Crippen MR) is 111 cm³/mol. The summed E-state index contributed by atoms with van der Waals surface area (Å²) in [5.74, 6) is 0. The molecule has 4 rings (SSSR count). The van der Waals surface area contributed by atoms with Crippen molar-refractivity contribution in [2.24, 2.45) is 0 Å². The van der Waals surface area contributed by atoms with E-state index in [1.807, 2.05) is 42.5 Å². The van der Waals surface area contributed by atoms with Gasteiger partial charge in [-0.15, -0.1) is 0 Å². The molecule has 0 amide bonds. The molecule has 0 atom stereocenters. The van der Waals surface area contributed by atoms with Gasteiger partial charge in [0.2, 0.25) is 0 Å². The summed E-state index contributed by atoms with van der Waals surface area (Å²) in [6.45, 7) is 1.97. The molecule has 0 radical (unpaired) electrons. The molecule has 27 heavy (non-hydrogen) atoms. The molecule has 2 aromatic carbocycles. The lowest BCUT2D eigenvalue weighted by atomic mass is 9.94. The SMILES string of the molecule is N#Cc1c(-c2ccccn2)cc(-c2ccc(Cl)cc2)cc1N1CCCCC1. The van der Waals surface area contributed by atoms with Crippen molar-refractivity contribution in [1.82, 2.24) is 4.98 Å². The van der Waals surface area contributed by atoms with Gasteiger partial charge in [-0.3, -0.25) is 4.98 Å². The van der Waals surface area contributed by atoms with Gasteiger partial charge in [0.25, 0.3) is 0 Å². The zero-order chi connectivity index (χ0) is 18.6. The quantitative estimate of drug-likeness (QED) is 0.571. The van der Waals surface area contributed by atoms with Gasteiger partial charge in [0, 0.05) is 29.9 Å². The standard InChI is InChI=1S/C23H20ClN3/c24-19-9-7-17(8-10-19)18-14-20(22-6-2-3-11-26-22)21(16-25)23(15-18)27-12-4-1-5-13-27/h2-3,6-11,14-15H,1,4-5,12-13H2. The maximum absolute atomic E-state index is 9.97. The number of anilines is 1. The maximum Gasteiger partial charge on any atom is 0.102 e. The summed E-state index contributed by atoms with van der Waals surface area (Å²) < 4.78 is 0. The number of pyridine rings is 1. The molecule has 1 aliphatic rings. The van der Waals surface area contributed by atoms with Crippen molar-refractivity contribution in [1.29, 1.82) is 5.26 Å². The Bertz CT molecular complexity index is 969. The lowest BCUT2D eigenvalue weighted by molar-refractivity contribution is 0.577. The number of rotatable bonds is 3. The van der Waals surface area contributed by atoms with Crippen LogP contribution in [0, 0.1) is 11.3 Å². The first-order valence-electron chi connectivity index (χ1n) is 9.27. The number of hydrogen-bond donors (Lipinski definition) is 0. The van der Waals surface area contributed by atoms with Crippen molar-refractivity contribution >= 4 is 17.3 Å². The highest BCUT2D eigenvalue weighted by Crippen LogP contribution is 2.37. The van der Waals surface area contributed by atoms with Crippen LogP contribution in [0.5, 0.6) is 0 Å². The van der Waals surface area contributed by atoms with E-state index in [9.17, 15) is 5.26 Å². The van der Waals surface area contributed by atoms with E-state index in [0.29, 0.717) is 10.6 Å². The van der Waals surface area contributed by atoms with Gasteiger partial charge in [0.05, 0.1) is 16.9 Å². The van der Waals surface area contributed by atoms with Crippen LogP contribution in [-0.4, -0.2) is 18.1 Å². The molecule has 0 N–H and O–H groups in total. The normalized spacial score (nSPS) is 14.0. The number of aromatic nitrogens is 1. The first-order valence-corrected chi connectivity index (χ1v) is 9.64. The van der Waals surface area contributed by atoms with Gasteiger partial charge in [0.1, 0.15) is 6.07 Å². The molecule has 1 aliphatic heterocycles. The van der Waals surface area contributed by atoms with Crippen molar-refractivity contribution < 1.29 is 0 Å². The average molecular weight is 374 g/mol. The van der Waals surface area contributed by atoms with Gasteiger partial charge in [-0.25, -0.2) is 0 Å². The molecule has 1 fully saturated rings. The molecule has 0 unspecified atom stereocenters. The van der Waals surface area contributed by atoms with Crippen LogP contribution in [0.2, 0.25) is 5.02 Å². The third-order valence-electron chi connectivity index (χ3n) is 5.04. The third-order valence-corrected chi connectivity index (χ3v) is 5.30. The lowest BCUT2D eigenvalue weighted by Crippen LogP contribution is -2.30. The molecule has 0 spiro atoms. The summed E-state index contributed by atoms with van der Waals surface area (Å²) in [7, 11) is 0. The Hall–Kier alpha value is -2.83. The van der Waals surface area contributed by atoms with Gasteiger partial charge in [-0.1, -0.05) is 29.8 Å². The Morgan fingerprint density at radius 1 is 0.926 bits per heavy atom. The van der Waals surface area contributed by atoms with Crippen molar-refractivity contribution in [3.05, 3.63) is 71.4 Å². The number of halogens is 1. The van der Waals surface area contributed by atoms with Crippen LogP contribution in [0.3, 0.4) is 0 Å². The van der Waals surface area contributed by atoms with Crippen LogP contribution in [-0.2, 0) is 0 Å². The molecule has 1 aromatic heterocycles. The smallest absolute Gasteiger partial charge is 0.102 e. The van der Waals surface area contributed by atoms with E-state index < -0.39 is 0 Å². The summed E-state index contributed by atoms with van der Waals surface area (Å²) in [4.78, 5) is 6.84. The van der Waals surface area contributed by atoms with E-state index >= 15 is 0 Å². The fourth-order valence-corrected chi connectivity index (χ4v) is 3.79. The Kier molecular flexibility index (Phi) is 5.09. The van der Waals surface area contributed by atoms with Crippen molar-refractivity contribution in [3.8, 4) is 28.5 Å². The Labute approximate surface area is 164 Å². The molecule has 134 valence electrons. The molecule has 0 aliphatic carbocycles. The second-order valence-corrected chi connectivity index (χ2v) is 7.24. The van der Waals surface area contributed by atoms with E-state index in [0.717, 1.165) is 54.0 Å². The second-order valence-electron chi connectivity index (χ2n) is 6.80. The molecule has 1 saturated heterocycles.